The van der Waals surface area contributed by atoms with Crippen LogP contribution in [0.3, 0.4) is 0 Å². The van der Waals surface area contributed by atoms with Crippen molar-refractivity contribution in [1.82, 2.24) is 0 Å². The van der Waals surface area contributed by atoms with Crippen LogP contribution in [0.2, 0.25) is 0 Å². The molecule has 3 saturated carbocycles. The lowest BCUT2D eigenvalue weighted by atomic mass is 9.66. The van der Waals surface area contributed by atoms with Gasteiger partial charge in [0.15, 0.2) is 0 Å². The zero-order chi connectivity index (χ0) is 19.9. The van der Waals surface area contributed by atoms with E-state index in [-0.39, 0.29) is 22.0 Å². The predicted octanol–water partition coefficient (Wildman–Crippen LogP) is 5.32. The predicted molar refractivity (Wildman–Crippen MR) is 99.3 cm³/mol. The maximum Gasteiger partial charge on any atom is 0.523 e. The van der Waals surface area contributed by atoms with Gasteiger partial charge in [0.05, 0.1) is 0 Å². The van der Waals surface area contributed by atoms with Crippen LogP contribution in [-0.2, 0) is 13.7 Å². The van der Waals surface area contributed by atoms with Crippen LogP contribution in [-0.4, -0.2) is 31.7 Å². The Morgan fingerprint density at radius 2 is 1.69 bits per heavy atom. The molecule has 0 saturated heterocycles. The van der Waals surface area contributed by atoms with E-state index in [4.69, 9.17) is 3.63 Å². The van der Waals surface area contributed by atoms with E-state index < -0.39 is 25.9 Å². The van der Waals surface area contributed by atoms with Crippen molar-refractivity contribution in [2.75, 3.05) is 12.5 Å². The highest BCUT2D eigenvalue weighted by atomic mass is 32.3. The Bertz CT molecular complexity index is 686. The lowest BCUT2D eigenvalue weighted by Gasteiger charge is -2.46. The molecule has 26 heavy (non-hydrogen) atoms. The standard InChI is InChI=1S/C18H31F3O3S2/c1-11-7-8-17-10-13(11)16(3,4)15(17)14(9-12(17)2)25(5,6)24-26(22,23)18(19,20)21/h11-15H,7-10H2,1-6H3/t11-,12-,13+,14?,15+,17+/m1/s1. The minimum atomic E-state index is -5.57. The Kier molecular flexibility index (Phi) is 4.62. The zero-order valence-electron chi connectivity index (χ0n) is 16.4. The molecule has 0 aliphatic heterocycles. The largest absolute Gasteiger partial charge is 0.523 e. The molecular formula is C18H31F3O3S2. The number of alkyl halides is 3. The second-order valence-corrected chi connectivity index (χ2v) is 15.0. The molecular weight excluding hydrogens is 385 g/mol. The van der Waals surface area contributed by atoms with Gasteiger partial charge in [-0.25, -0.2) is 3.63 Å². The maximum atomic E-state index is 12.9. The summed E-state index contributed by atoms with van der Waals surface area (Å²) < 4.78 is 67.1. The Balaban J connectivity index is 1.99. The average Bonchev–Trinajstić information content (AvgIpc) is 2.83. The molecule has 3 rings (SSSR count). The minimum Gasteiger partial charge on any atom is -0.213 e. The number of fused-ring (bicyclic) bond motifs is 1. The van der Waals surface area contributed by atoms with Crippen LogP contribution in [0.4, 0.5) is 13.2 Å². The van der Waals surface area contributed by atoms with Gasteiger partial charge in [0.2, 0.25) is 0 Å². The van der Waals surface area contributed by atoms with Crippen LogP contribution in [0.1, 0.15) is 53.4 Å². The third-order valence-electron chi connectivity index (χ3n) is 7.95. The van der Waals surface area contributed by atoms with E-state index >= 15 is 0 Å². The van der Waals surface area contributed by atoms with Gasteiger partial charge in [-0.1, -0.05) is 27.7 Å². The van der Waals surface area contributed by atoms with Crippen molar-refractivity contribution in [2.45, 2.75) is 64.1 Å². The summed E-state index contributed by atoms with van der Waals surface area (Å²) in [6.45, 7) is 8.97. The van der Waals surface area contributed by atoms with Crippen LogP contribution in [0, 0.1) is 34.5 Å². The van der Waals surface area contributed by atoms with Crippen molar-refractivity contribution in [1.29, 1.82) is 0 Å². The summed E-state index contributed by atoms with van der Waals surface area (Å²) in [5.41, 5.74) is -5.25. The van der Waals surface area contributed by atoms with E-state index in [2.05, 4.69) is 27.7 Å². The first kappa shape index (κ1) is 20.8. The summed E-state index contributed by atoms with van der Waals surface area (Å²) in [5.74, 6) is 1.75. The first-order valence-electron chi connectivity index (χ1n) is 9.31. The lowest BCUT2D eigenvalue weighted by molar-refractivity contribution is -0.0496. The molecule has 1 spiro atoms. The molecule has 3 nitrogen and oxygen atoms in total. The van der Waals surface area contributed by atoms with Crippen LogP contribution in [0.25, 0.3) is 0 Å². The summed E-state index contributed by atoms with van der Waals surface area (Å²) in [7, 11) is -8.00. The van der Waals surface area contributed by atoms with E-state index in [0.717, 1.165) is 25.7 Å². The fourth-order valence-electron chi connectivity index (χ4n) is 6.86. The van der Waals surface area contributed by atoms with Crippen molar-refractivity contribution in [3.63, 3.8) is 0 Å². The van der Waals surface area contributed by atoms with Gasteiger partial charge < -0.3 is 0 Å². The molecule has 0 heterocycles. The molecule has 6 atom stereocenters. The SMILES string of the molecule is C[C@@H]1CC[C@@]23C[C@@H]1C(C)(C)[C@@H]2C(S(C)(C)OS(=O)(=O)C(F)(F)F)C[C@H]3C. The van der Waals surface area contributed by atoms with Gasteiger partial charge >= 0.3 is 15.6 Å². The second kappa shape index (κ2) is 5.78. The lowest BCUT2D eigenvalue weighted by Crippen LogP contribution is -2.39. The van der Waals surface area contributed by atoms with Crippen molar-refractivity contribution in [3.05, 3.63) is 0 Å². The zero-order valence-corrected chi connectivity index (χ0v) is 18.0. The van der Waals surface area contributed by atoms with Crippen LogP contribution >= 0.6 is 10.3 Å². The molecule has 154 valence electrons. The van der Waals surface area contributed by atoms with E-state index in [0.29, 0.717) is 17.8 Å². The van der Waals surface area contributed by atoms with Gasteiger partial charge in [-0.2, -0.15) is 21.6 Å². The van der Waals surface area contributed by atoms with Crippen molar-refractivity contribution in [2.24, 2.45) is 34.5 Å². The second-order valence-electron chi connectivity index (χ2n) is 9.81. The summed E-state index contributed by atoms with van der Waals surface area (Å²) in [5, 5.41) is -0.125. The molecule has 0 N–H and O–H groups in total. The summed E-state index contributed by atoms with van der Waals surface area (Å²) in [4.78, 5) is 0. The van der Waals surface area contributed by atoms with E-state index in [9.17, 15) is 21.6 Å². The Hall–Kier alpha value is 0.0500. The van der Waals surface area contributed by atoms with E-state index in [1.165, 1.54) is 0 Å². The number of rotatable bonds is 3. The summed E-state index contributed by atoms with van der Waals surface area (Å²) >= 11 is 0. The van der Waals surface area contributed by atoms with Crippen molar-refractivity contribution >= 4 is 20.4 Å². The molecule has 3 fully saturated rings. The van der Waals surface area contributed by atoms with Gasteiger partial charge in [0.1, 0.15) is 0 Å². The molecule has 8 heteroatoms. The normalized spacial score (nSPS) is 43.3. The topological polar surface area (TPSA) is 43.4 Å². The van der Waals surface area contributed by atoms with Crippen LogP contribution < -0.4 is 0 Å². The van der Waals surface area contributed by atoms with Crippen molar-refractivity contribution in [3.8, 4) is 0 Å². The van der Waals surface area contributed by atoms with E-state index in [1.807, 2.05) is 0 Å². The fraction of sp³-hybridized carbons (Fsp3) is 1.00. The van der Waals surface area contributed by atoms with Gasteiger partial charge in [-0.05, 0) is 72.7 Å². The number of halogens is 3. The summed E-state index contributed by atoms with van der Waals surface area (Å²) in [6.07, 6.45) is 7.33. The van der Waals surface area contributed by atoms with Gasteiger partial charge in [-0.3, -0.25) is 0 Å². The molecule has 3 aliphatic rings. The quantitative estimate of drug-likeness (QED) is 0.585. The first-order valence-corrected chi connectivity index (χ1v) is 13.2. The molecule has 0 aromatic rings. The minimum absolute atomic E-state index is 0.0129. The van der Waals surface area contributed by atoms with Crippen LogP contribution in [0.15, 0.2) is 0 Å². The maximum absolute atomic E-state index is 12.9. The van der Waals surface area contributed by atoms with Gasteiger partial charge in [0, 0.05) is 5.25 Å². The number of hydrogen-bond acceptors (Lipinski definition) is 3. The van der Waals surface area contributed by atoms with Crippen LogP contribution in [0.5, 0.6) is 0 Å². The molecule has 3 aliphatic carbocycles. The molecule has 1 unspecified atom stereocenters. The molecule has 0 radical (unpaired) electrons. The third kappa shape index (κ3) is 2.76. The highest BCUT2D eigenvalue weighted by Crippen LogP contribution is 2.77. The monoisotopic (exact) mass is 416 g/mol. The molecule has 0 aromatic carbocycles. The Morgan fingerprint density at radius 3 is 2.23 bits per heavy atom. The Labute approximate surface area is 157 Å². The van der Waals surface area contributed by atoms with Gasteiger partial charge in [0.25, 0.3) is 0 Å². The smallest absolute Gasteiger partial charge is 0.213 e. The molecule has 0 aromatic heterocycles. The van der Waals surface area contributed by atoms with E-state index in [1.54, 1.807) is 12.5 Å². The Morgan fingerprint density at radius 1 is 1.12 bits per heavy atom. The summed E-state index contributed by atoms with van der Waals surface area (Å²) in [6, 6.07) is 0. The van der Waals surface area contributed by atoms with Gasteiger partial charge in [-0.15, -0.1) is 10.3 Å². The third-order valence-corrected chi connectivity index (χ3v) is 12.6. The van der Waals surface area contributed by atoms with Crippen molar-refractivity contribution < 1.29 is 25.2 Å². The highest BCUT2D eigenvalue weighted by Gasteiger charge is 2.69. The molecule has 0 amide bonds. The highest BCUT2D eigenvalue weighted by molar-refractivity contribution is 8.32. The number of hydrogen-bond donors (Lipinski definition) is 0. The molecule has 2 bridgehead atoms. The first-order chi connectivity index (χ1) is 11.6. The average molecular weight is 417 g/mol. The fourth-order valence-corrected chi connectivity index (χ4v) is 11.5.